The monoisotopic (exact) mass is 523 g/mol. The van der Waals surface area contributed by atoms with Crippen molar-refractivity contribution >= 4 is 39.7 Å². The number of guanidine groups is 1. The largest absolute Gasteiger partial charge is 0.369 e. The van der Waals surface area contributed by atoms with E-state index in [4.69, 9.17) is 31.0 Å². The van der Waals surface area contributed by atoms with Gasteiger partial charge in [-0.15, -0.1) is 4.99 Å². The summed E-state index contributed by atoms with van der Waals surface area (Å²) in [4.78, 5) is 22.5. The smallest absolute Gasteiger partial charge is 0.228 e. The van der Waals surface area contributed by atoms with Gasteiger partial charge in [0.1, 0.15) is 11.0 Å². The maximum atomic E-state index is 8.84. The highest BCUT2D eigenvalue weighted by Gasteiger charge is 2.34. The SMILES string of the molecule is CCC(C)n1ncc2nc(N3CCN(C(N)=NC#N)CC3)nc(N[C@@H](c3cnc4ccccc4c3)C3CC3)c21. The second-order valence-electron chi connectivity index (χ2n) is 10.4. The van der Waals surface area contributed by atoms with Gasteiger partial charge in [-0.2, -0.15) is 15.3 Å². The Bertz CT molecular complexity index is 1560. The molecule has 1 saturated carbocycles. The Morgan fingerprint density at radius 2 is 1.95 bits per heavy atom. The number of anilines is 2. The van der Waals surface area contributed by atoms with Gasteiger partial charge < -0.3 is 20.9 Å². The molecule has 4 aromatic rings. The van der Waals surface area contributed by atoms with Gasteiger partial charge in [-0.3, -0.25) is 9.67 Å². The molecule has 11 nitrogen and oxygen atoms in total. The number of hydrogen-bond donors (Lipinski definition) is 2. The Balaban J connectivity index is 1.37. The molecular formula is C28H33N11. The summed E-state index contributed by atoms with van der Waals surface area (Å²) in [6.45, 7) is 6.96. The minimum Gasteiger partial charge on any atom is -0.369 e. The molecule has 2 fully saturated rings. The number of nitriles is 1. The number of fused-ring (bicyclic) bond motifs is 2. The number of rotatable bonds is 7. The van der Waals surface area contributed by atoms with Crippen molar-refractivity contribution in [3.63, 3.8) is 0 Å². The van der Waals surface area contributed by atoms with Gasteiger partial charge in [0.25, 0.3) is 0 Å². The Hall–Kier alpha value is -4.46. The van der Waals surface area contributed by atoms with Gasteiger partial charge in [0, 0.05) is 43.8 Å². The fourth-order valence-electron chi connectivity index (χ4n) is 5.27. The first kappa shape index (κ1) is 24.9. The minimum absolute atomic E-state index is 0.0900. The first-order valence-corrected chi connectivity index (χ1v) is 13.6. The zero-order valence-electron chi connectivity index (χ0n) is 22.3. The van der Waals surface area contributed by atoms with E-state index in [1.807, 2.05) is 34.1 Å². The van der Waals surface area contributed by atoms with Crippen LogP contribution >= 0.6 is 0 Å². The lowest BCUT2D eigenvalue weighted by atomic mass is 10.0. The van der Waals surface area contributed by atoms with Gasteiger partial charge in [-0.1, -0.05) is 25.1 Å². The van der Waals surface area contributed by atoms with Crippen LogP contribution < -0.4 is 16.0 Å². The predicted molar refractivity (Wildman–Crippen MR) is 152 cm³/mol. The molecule has 1 aromatic carbocycles. The third-order valence-corrected chi connectivity index (χ3v) is 7.85. The molecule has 1 unspecified atom stereocenters. The van der Waals surface area contributed by atoms with Crippen molar-refractivity contribution in [3.05, 3.63) is 48.3 Å². The van der Waals surface area contributed by atoms with E-state index in [0.717, 1.165) is 34.2 Å². The van der Waals surface area contributed by atoms with Gasteiger partial charge >= 0.3 is 0 Å². The number of aromatic nitrogens is 5. The van der Waals surface area contributed by atoms with Gasteiger partial charge in [0.2, 0.25) is 18.1 Å². The normalized spacial score (nSPS) is 17.8. The van der Waals surface area contributed by atoms with E-state index >= 15 is 0 Å². The molecule has 2 atom stereocenters. The summed E-state index contributed by atoms with van der Waals surface area (Å²) in [5.74, 6) is 2.23. The zero-order chi connectivity index (χ0) is 26.9. The second kappa shape index (κ2) is 10.4. The fraction of sp³-hybridized carbons (Fsp3) is 0.429. The molecule has 0 amide bonds. The molecule has 200 valence electrons. The third-order valence-electron chi connectivity index (χ3n) is 7.85. The molecule has 3 aromatic heterocycles. The molecule has 0 radical (unpaired) electrons. The van der Waals surface area contributed by atoms with Crippen molar-refractivity contribution in [2.75, 3.05) is 36.4 Å². The van der Waals surface area contributed by atoms with Crippen molar-refractivity contribution in [1.82, 2.24) is 29.6 Å². The van der Waals surface area contributed by atoms with Crippen LogP contribution in [0.25, 0.3) is 21.9 Å². The molecule has 3 N–H and O–H groups in total. The number of benzene rings is 1. The molecule has 0 spiro atoms. The van der Waals surface area contributed by atoms with E-state index in [9.17, 15) is 0 Å². The molecule has 11 heteroatoms. The molecular weight excluding hydrogens is 490 g/mol. The van der Waals surface area contributed by atoms with Crippen LogP contribution in [0.1, 0.15) is 50.8 Å². The fourth-order valence-corrected chi connectivity index (χ4v) is 5.27. The van der Waals surface area contributed by atoms with E-state index in [1.165, 1.54) is 18.4 Å². The van der Waals surface area contributed by atoms with Crippen molar-refractivity contribution in [2.24, 2.45) is 16.6 Å². The molecule has 1 aliphatic heterocycles. The Kier molecular flexibility index (Phi) is 6.60. The van der Waals surface area contributed by atoms with E-state index in [-0.39, 0.29) is 18.0 Å². The first-order valence-electron chi connectivity index (χ1n) is 13.6. The zero-order valence-corrected chi connectivity index (χ0v) is 22.3. The summed E-state index contributed by atoms with van der Waals surface area (Å²) >= 11 is 0. The number of aliphatic imine (C=N–C) groups is 1. The van der Waals surface area contributed by atoms with Crippen LogP contribution in [0.15, 0.2) is 47.7 Å². The number of piperazine rings is 1. The molecule has 39 heavy (non-hydrogen) atoms. The average Bonchev–Trinajstić information content (AvgIpc) is 3.73. The standard InChI is InChI=1S/C28H33N11/c1-3-18(2)39-25-23(16-33-39)34-28(38-12-10-37(11-13-38)27(30)32-17-29)36-26(25)35-24(19-8-9-19)21-14-20-6-4-5-7-22(20)31-15-21/h4-7,14-16,18-19,24H,3,8-13H2,1-2H3,(H2,30,32)(H,34,35,36)/t18?,24-/m1/s1. The molecule has 0 bridgehead atoms. The van der Waals surface area contributed by atoms with E-state index < -0.39 is 0 Å². The number of nitrogens with one attached hydrogen (secondary N) is 1. The van der Waals surface area contributed by atoms with Crippen LogP contribution in [-0.4, -0.2) is 61.8 Å². The Labute approximate surface area is 227 Å². The van der Waals surface area contributed by atoms with Crippen molar-refractivity contribution < 1.29 is 0 Å². The predicted octanol–water partition coefficient (Wildman–Crippen LogP) is 3.83. The summed E-state index contributed by atoms with van der Waals surface area (Å²) in [6.07, 6.45) is 8.90. The van der Waals surface area contributed by atoms with Crippen LogP contribution in [0.2, 0.25) is 0 Å². The summed E-state index contributed by atoms with van der Waals surface area (Å²) < 4.78 is 2.04. The minimum atomic E-state index is 0.0900. The van der Waals surface area contributed by atoms with Gasteiger partial charge in [-0.05, 0) is 49.8 Å². The maximum absolute atomic E-state index is 8.84. The highest BCUT2D eigenvalue weighted by atomic mass is 15.4. The molecule has 6 rings (SSSR count). The van der Waals surface area contributed by atoms with E-state index in [1.54, 1.807) is 6.19 Å². The molecule has 1 aliphatic carbocycles. The number of hydrogen-bond acceptors (Lipinski definition) is 8. The van der Waals surface area contributed by atoms with Crippen LogP contribution in [0.3, 0.4) is 0 Å². The third kappa shape index (κ3) is 4.90. The summed E-state index contributed by atoms with van der Waals surface area (Å²) in [6, 6.07) is 10.8. The first-order chi connectivity index (χ1) is 19.1. The maximum Gasteiger partial charge on any atom is 0.228 e. The van der Waals surface area contributed by atoms with E-state index in [0.29, 0.717) is 38.0 Å². The lowest BCUT2D eigenvalue weighted by molar-refractivity contribution is 0.380. The van der Waals surface area contributed by atoms with Crippen molar-refractivity contribution in [3.8, 4) is 6.19 Å². The Morgan fingerprint density at radius 3 is 2.69 bits per heavy atom. The average molecular weight is 524 g/mol. The Morgan fingerprint density at radius 1 is 1.15 bits per heavy atom. The molecule has 2 aliphatic rings. The van der Waals surface area contributed by atoms with Crippen molar-refractivity contribution in [2.45, 2.75) is 45.2 Å². The summed E-state index contributed by atoms with van der Waals surface area (Å²) in [7, 11) is 0. The number of pyridine rings is 1. The number of para-hydroxylation sites is 1. The van der Waals surface area contributed by atoms with Crippen molar-refractivity contribution in [1.29, 1.82) is 5.26 Å². The van der Waals surface area contributed by atoms with E-state index in [2.05, 4.69) is 47.3 Å². The topological polar surface area (TPSA) is 137 Å². The summed E-state index contributed by atoms with van der Waals surface area (Å²) in [5.41, 5.74) is 9.85. The lowest BCUT2D eigenvalue weighted by Gasteiger charge is -2.35. The quantitative estimate of drug-likeness (QED) is 0.210. The van der Waals surface area contributed by atoms with Crippen LogP contribution in [0.4, 0.5) is 11.8 Å². The van der Waals surface area contributed by atoms with Gasteiger partial charge in [-0.25, -0.2) is 4.98 Å². The highest BCUT2D eigenvalue weighted by Crippen LogP contribution is 2.44. The number of nitrogens with zero attached hydrogens (tertiary/aromatic N) is 9. The second-order valence-corrected chi connectivity index (χ2v) is 10.4. The highest BCUT2D eigenvalue weighted by molar-refractivity contribution is 5.87. The molecule has 4 heterocycles. The molecule has 1 saturated heterocycles. The van der Waals surface area contributed by atoms with Gasteiger partial charge in [0.05, 0.1) is 17.8 Å². The lowest BCUT2D eigenvalue weighted by Crippen LogP contribution is -2.51. The summed E-state index contributed by atoms with van der Waals surface area (Å²) in [5, 5.41) is 18.5. The van der Waals surface area contributed by atoms with Gasteiger partial charge in [0.15, 0.2) is 5.82 Å². The van der Waals surface area contributed by atoms with Crippen LogP contribution in [0, 0.1) is 17.4 Å². The van der Waals surface area contributed by atoms with Crippen LogP contribution in [0.5, 0.6) is 0 Å². The van der Waals surface area contributed by atoms with Crippen LogP contribution in [-0.2, 0) is 0 Å². The number of nitrogens with two attached hydrogens (primary N) is 1.